The molecule has 0 atom stereocenters. The van der Waals surface area contributed by atoms with Crippen molar-refractivity contribution in [3.05, 3.63) is 16.1 Å². The van der Waals surface area contributed by atoms with Crippen molar-refractivity contribution in [2.75, 3.05) is 14.1 Å². The van der Waals surface area contributed by atoms with Crippen molar-refractivity contribution in [1.82, 2.24) is 9.88 Å². The average Bonchev–Trinajstić information content (AvgIpc) is 2.34. The van der Waals surface area contributed by atoms with Crippen molar-refractivity contribution in [2.45, 2.75) is 6.54 Å². The van der Waals surface area contributed by atoms with Crippen LogP contribution in [0.4, 0.5) is 0 Å². The summed E-state index contributed by atoms with van der Waals surface area (Å²) in [5.74, 6) is -0.462. The number of nitrogens with two attached hydrogens (primary N) is 1. The van der Waals surface area contributed by atoms with Crippen LogP contribution in [0.1, 0.15) is 15.5 Å². The van der Waals surface area contributed by atoms with Crippen LogP contribution in [-0.2, 0) is 6.54 Å². The normalized spacial score (nSPS) is 10.6. The number of primary amides is 1. The molecule has 0 aromatic carbocycles. The molecule has 0 radical (unpaired) electrons. The first-order valence-electron chi connectivity index (χ1n) is 3.48. The van der Waals surface area contributed by atoms with Gasteiger partial charge in [0.2, 0.25) is 0 Å². The zero-order chi connectivity index (χ0) is 9.14. The minimum Gasteiger partial charge on any atom is -0.364 e. The summed E-state index contributed by atoms with van der Waals surface area (Å²) in [5, 5.41) is 2.59. The van der Waals surface area contributed by atoms with Gasteiger partial charge in [0.1, 0.15) is 10.7 Å². The second kappa shape index (κ2) is 3.64. The lowest BCUT2D eigenvalue weighted by atomic mass is 10.5. The predicted octanol–water partition coefficient (Wildman–Crippen LogP) is 0.304. The molecule has 0 unspecified atom stereocenters. The molecular weight excluding hydrogens is 174 g/mol. The van der Waals surface area contributed by atoms with Gasteiger partial charge in [-0.2, -0.15) is 0 Å². The van der Waals surface area contributed by atoms with E-state index in [2.05, 4.69) is 4.98 Å². The Balaban J connectivity index is 2.71. The highest BCUT2D eigenvalue weighted by Gasteiger charge is 2.06. The molecule has 0 saturated heterocycles. The van der Waals surface area contributed by atoms with E-state index in [1.54, 1.807) is 5.38 Å². The van der Waals surface area contributed by atoms with Gasteiger partial charge in [-0.05, 0) is 14.1 Å². The standard InChI is InChI=1S/C7H11N3OS/c1-10(2)3-6-9-5(4-12-6)7(8)11/h4H,3H2,1-2H3,(H2,8,11). The third-order valence-corrected chi connectivity index (χ3v) is 2.09. The zero-order valence-corrected chi connectivity index (χ0v) is 7.89. The summed E-state index contributed by atoms with van der Waals surface area (Å²) < 4.78 is 0. The van der Waals surface area contributed by atoms with Crippen LogP contribution in [0.3, 0.4) is 0 Å². The van der Waals surface area contributed by atoms with Crippen molar-refractivity contribution < 1.29 is 4.79 Å². The summed E-state index contributed by atoms with van der Waals surface area (Å²) in [4.78, 5) is 16.7. The predicted molar refractivity (Wildman–Crippen MR) is 48.0 cm³/mol. The van der Waals surface area contributed by atoms with Crippen LogP contribution >= 0.6 is 11.3 Å². The molecule has 5 heteroatoms. The molecule has 0 aliphatic rings. The lowest BCUT2D eigenvalue weighted by Gasteiger charge is -2.04. The van der Waals surface area contributed by atoms with E-state index < -0.39 is 5.91 Å². The fourth-order valence-corrected chi connectivity index (χ4v) is 1.67. The largest absolute Gasteiger partial charge is 0.364 e. The van der Waals surface area contributed by atoms with E-state index in [0.717, 1.165) is 11.6 Å². The number of thiazole rings is 1. The van der Waals surface area contributed by atoms with Crippen LogP contribution in [0.2, 0.25) is 0 Å². The second-order valence-electron chi connectivity index (χ2n) is 2.73. The Labute approximate surface area is 75.0 Å². The average molecular weight is 185 g/mol. The van der Waals surface area contributed by atoms with E-state index in [1.807, 2.05) is 19.0 Å². The molecule has 66 valence electrons. The number of aromatic nitrogens is 1. The van der Waals surface area contributed by atoms with Gasteiger partial charge in [-0.25, -0.2) is 4.98 Å². The lowest BCUT2D eigenvalue weighted by Crippen LogP contribution is -2.13. The first-order valence-corrected chi connectivity index (χ1v) is 4.36. The molecule has 1 aromatic rings. The quantitative estimate of drug-likeness (QED) is 0.737. The third-order valence-electron chi connectivity index (χ3n) is 1.26. The number of hydrogen-bond donors (Lipinski definition) is 1. The Morgan fingerprint density at radius 1 is 1.75 bits per heavy atom. The molecule has 1 rings (SSSR count). The van der Waals surface area contributed by atoms with Gasteiger partial charge in [-0.1, -0.05) is 0 Å². The lowest BCUT2D eigenvalue weighted by molar-refractivity contribution is 0.0996. The number of carbonyl (C=O) groups is 1. The zero-order valence-electron chi connectivity index (χ0n) is 7.07. The molecule has 0 aliphatic heterocycles. The highest BCUT2D eigenvalue weighted by Crippen LogP contribution is 2.10. The van der Waals surface area contributed by atoms with Gasteiger partial charge in [0, 0.05) is 11.9 Å². The number of hydrogen-bond acceptors (Lipinski definition) is 4. The van der Waals surface area contributed by atoms with E-state index >= 15 is 0 Å². The van der Waals surface area contributed by atoms with Crippen LogP contribution in [0.5, 0.6) is 0 Å². The fourth-order valence-electron chi connectivity index (χ4n) is 0.767. The summed E-state index contributed by atoms with van der Waals surface area (Å²) in [6.45, 7) is 0.748. The second-order valence-corrected chi connectivity index (χ2v) is 3.67. The van der Waals surface area contributed by atoms with Gasteiger partial charge in [0.25, 0.3) is 5.91 Å². The van der Waals surface area contributed by atoms with Crippen LogP contribution in [0, 0.1) is 0 Å². The van der Waals surface area contributed by atoms with E-state index in [1.165, 1.54) is 11.3 Å². The van der Waals surface area contributed by atoms with E-state index in [0.29, 0.717) is 5.69 Å². The van der Waals surface area contributed by atoms with E-state index in [-0.39, 0.29) is 0 Å². The van der Waals surface area contributed by atoms with Gasteiger partial charge in [0.05, 0.1) is 0 Å². The number of amides is 1. The monoisotopic (exact) mass is 185 g/mol. The van der Waals surface area contributed by atoms with Crippen molar-refractivity contribution >= 4 is 17.2 Å². The van der Waals surface area contributed by atoms with Gasteiger partial charge < -0.3 is 10.6 Å². The summed E-state index contributed by atoms with van der Waals surface area (Å²) >= 11 is 1.45. The number of rotatable bonds is 3. The van der Waals surface area contributed by atoms with Gasteiger partial charge in [-0.15, -0.1) is 11.3 Å². The van der Waals surface area contributed by atoms with Crippen molar-refractivity contribution in [3.8, 4) is 0 Å². The number of carbonyl (C=O) groups excluding carboxylic acids is 1. The topological polar surface area (TPSA) is 59.2 Å². The molecule has 0 fully saturated rings. The minimum atomic E-state index is -0.462. The summed E-state index contributed by atoms with van der Waals surface area (Å²) in [5.41, 5.74) is 5.41. The Hall–Kier alpha value is -0.940. The number of nitrogens with zero attached hydrogens (tertiary/aromatic N) is 2. The molecule has 2 N–H and O–H groups in total. The molecule has 12 heavy (non-hydrogen) atoms. The van der Waals surface area contributed by atoms with Crippen LogP contribution < -0.4 is 5.73 Å². The van der Waals surface area contributed by atoms with Crippen molar-refractivity contribution in [1.29, 1.82) is 0 Å². The van der Waals surface area contributed by atoms with E-state index in [4.69, 9.17) is 5.73 Å². The first kappa shape index (κ1) is 9.15. The molecular formula is C7H11N3OS. The Bertz CT molecular complexity index is 282. The molecule has 0 bridgehead atoms. The Morgan fingerprint density at radius 3 is 2.83 bits per heavy atom. The maximum atomic E-state index is 10.7. The highest BCUT2D eigenvalue weighted by molar-refractivity contribution is 7.09. The van der Waals surface area contributed by atoms with Crippen LogP contribution in [0.15, 0.2) is 5.38 Å². The van der Waals surface area contributed by atoms with E-state index in [9.17, 15) is 4.79 Å². The molecule has 1 amide bonds. The molecule has 1 aromatic heterocycles. The molecule has 0 spiro atoms. The van der Waals surface area contributed by atoms with Crippen molar-refractivity contribution in [3.63, 3.8) is 0 Å². The summed E-state index contributed by atoms with van der Waals surface area (Å²) in [7, 11) is 3.90. The maximum absolute atomic E-state index is 10.7. The molecule has 0 aliphatic carbocycles. The fraction of sp³-hybridized carbons (Fsp3) is 0.429. The van der Waals surface area contributed by atoms with Gasteiger partial charge >= 0.3 is 0 Å². The van der Waals surface area contributed by atoms with Crippen LogP contribution in [-0.4, -0.2) is 29.9 Å². The van der Waals surface area contributed by atoms with Gasteiger partial charge in [0.15, 0.2) is 0 Å². The maximum Gasteiger partial charge on any atom is 0.268 e. The van der Waals surface area contributed by atoms with Crippen molar-refractivity contribution in [2.24, 2.45) is 5.73 Å². The summed E-state index contributed by atoms with van der Waals surface area (Å²) in [6, 6.07) is 0. The highest BCUT2D eigenvalue weighted by atomic mass is 32.1. The minimum absolute atomic E-state index is 0.358. The summed E-state index contributed by atoms with van der Waals surface area (Å²) in [6.07, 6.45) is 0. The molecule has 4 nitrogen and oxygen atoms in total. The Kier molecular flexibility index (Phi) is 2.78. The molecule has 0 saturated carbocycles. The Morgan fingerprint density at radius 2 is 2.42 bits per heavy atom. The van der Waals surface area contributed by atoms with Gasteiger partial charge in [-0.3, -0.25) is 4.79 Å². The third kappa shape index (κ3) is 2.28. The smallest absolute Gasteiger partial charge is 0.268 e. The SMILES string of the molecule is CN(C)Cc1nc(C(N)=O)cs1. The first-order chi connectivity index (χ1) is 5.59. The van der Waals surface area contributed by atoms with Crippen LogP contribution in [0.25, 0.3) is 0 Å². The molecule has 1 heterocycles.